The standard InChI is InChI=1S/C12H22N2O3S/c1-8-5-14(6-10(8)11(15)16)12(17)13(3)9(2)7-18-4/h8-10H,5-7H2,1-4H3,(H,15,16)/t8-,9?,10-/m1/s1. The van der Waals surface area contributed by atoms with Crippen LogP contribution in [-0.2, 0) is 4.79 Å². The lowest BCUT2D eigenvalue weighted by Crippen LogP contribution is -2.45. The summed E-state index contributed by atoms with van der Waals surface area (Å²) in [6.45, 7) is 4.75. The number of carbonyl (C=O) groups is 2. The number of carboxylic acid groups (broad SMARTS) is 1. The fraction of sp³-hybridized carbons (Fsp3) is 0.833. The van der Waals surface area contributed by atoms with Gasteiger partial charge in [0.15, 0.2) is 0 Å². The summed E-state index contributed by atoms with van der Waals surface area (Å²) in [5, 5.41) is 9.06. The molecular weight excluding hydrogens is 252 g/mol. The number of likely N-dealkylation sites (tertiary alicyclic amines) is 1. The molecule has 0 bridgehead atoms. The first kappa shape index (κ1) is 15.1. The normalized spacial score (nSPS) is 25.0. The van der Waals surface area contributed by atoms with Crippen molar-refractivity contribution >= 4 is 23.8 Å². The molecule has 1 rings (SSSR count). The Kier molecular flexibility index (Phi) is 5.31. The SMILES string of the molecule is CSCC(C)N(C)C(=O)N1C[C@@H](C)[C@H](C(=O)O)C1. The quantitative estimate of drug-likeness (QED) is 0.842. The molecule has 0 saturated carbocycles. The molecule has 104 valence electrons. The van der Waals surface area contributed by atoms with Crippen LogP contribution in [0.4, 0.5) is 4.79 Å². The van der Waals surface area contributed by atoms with Gasteiger partial charge >= 0.3 is 12.0 Å². The lowest BCUT2D eigenvalue weighted by atomic mass is 9.99. The number of carbonyl (C=O) groups excluding carboxylic acids is 1. The minimum Gasteiger partial charge on any atom is -0.481 e. The summed E-state index contributed by atoms with van der Waals surface area (Å²) < 4.78 is 0. The third-order valence-corrected chi connectivity index (χ3v) is 4.39. The molecule has 0 aromatic rings. The molecule has 18 heavy (non-hydrogen) atoms. The summed E-state index contributed by atoms with van der Waals surface area (Å²) in [5.74, 6) is -0.333. The van der Waals surface area contributed by atoms with Gasteiger partial charge in [-0.15, -0.1) is 0 Å². The van der Waals surface area contributed by atoms with Crippen molar-refractivity contribution in [3.8, 4) is 0 Å². The van der Waals surface area contributed by atoms with Crippen molar-refractivity contribution in [3.05, 3.63) is 0 Å². The van der Waals surface area contributed by atoms with Crippen molar-refractivity contribution in [2.45, 2.75) is 19.9 Å². The zero-order valence-corrected chi connectivity index (χ0v) is 12.2. The molecule has 0 aromatic carbocycles. The van der Waals surface area contributed by atoms with E-state index >= 15 is 0 Å². The molecule has 1 aliphatic rings. The van der Waals surface area contributed by atoms with Gasteiger partial charge in [-0.25, -0.2) is 4.79 Å². The number of hydrogen-bond donors (Lipinski definition) is 1. The lowest BCUT2D eigenvalue weighted by Gasteiger charge is -2.29. The average Bonchev–Trinajstić information content (AvgIpc) is 2.69. The molecular formula is C12H22N2O3S. The van der Waals surface area contributed by atoms with Crippen LogP contribution in [0.5, 0.6) is 0 Å². The first-order valence-electron chi connectivity index (χ1n) is 6.12. The van der Waals surface area contributed by atoms with Gasteiger partial charge in [-0.1, -0.05) is 6.92 Å². The molecule has 2 amide bonds. The van der Waals surface area contributed by atoms with Crippen LogP contribution in [0, 0.1) is 11.8 Å². The molecule has 1 saturated heterocycles. The van der Waals surface area contributed by atoms with Crippen LogP contribution in [0.15, 0.2) is 0 Å². The molecule has 1 fully saturated rings. The van der Waals surface area contributed by atoms with Gasteiger partial charge in [-0.3, -0.25) is 4.79 Å². The summed E-state index contributed by atoms with van der Waals surface area (Å²) in [6, 6.07) is 0.0961. The van der Waals surface area contributed by atoms with E-state index in [1.807, 2.05) is 20.1 Å². The fourth-order valence-corrected chi connectivity index (χ4v) is 2.92. The summed E-state index contributed by atoms with van der Waals surface area (Å²) in [6.07, 6.45) is 2.01. The van der Waals surface area contributed by atoms with E-state index in [4.69, 9.17) is 5.11 Å². The third kappa shape index (κ3) is 3.31. The molecule has 1 aliphatic heterocycles. The van der Waals surface area contributed by atoms with E-state index in [1.165, 1.54) is 0 Å². The molecule has 1 N–H and O–H groups in total. The third-order valence-electron chi connectivity index (χ3n) is 3.57. The summed E-state index contributed by atoms with van der Waals surface area (Å²) in [4.78, 5) is 26.6. The molecule has 0 radical (unpaired) electrons. The van der Waals surface area contributed by atoms with Crippen molar-refractivity contribution in [1.82, 2.24) is 9.80 Å². The van der Waals surface area contributed by atoms with Gasteiger partial charge in [-0.05, 0) is 19.1 Å². The molecule has 1 heterocycles. The van der Waals surface area contributed by atoms with Crippen molar-refractivity contribution in [2.24, 2.45) is 11.8 Å². The van der Waals surface area contributed by atoms with Gasteiger partial charge in [-0.2, -0.15) is 11.8 Å². The Labute approximate surface area is 113 Å². The monoisotopic (exact) mass is 274 g/mol. The molecule has 0 aromatic heterocycles. The van der Waals surface area contributed by atoms with Crippen LogP contribution >= 0.6 is 11.8 Å². The highest BCUT2D eigenvalue weighted by Gasteiger charge is 2.38. The Hall–Kier alpha value is -0.910. The Balaban J connectivity index is 2.61. The number of hydrogen-bond acceptors (Lipinski definition) is 3. The second kappa shape index (κ2) is 6.31. The van der Waals surface area contributed by atoms with Crippen LogP contribution in [0.25, 0.3) is 0 Å². The zero-order chi connectivity index (χ0) is 13.9. The Morgan fingerprint density at radius 3 is 2.56 bits per heavy atom. The van der Waals surface area contributed by atoms with E-state index in [9.17, 15) is 9.59 Å². The Morgan fingerprint density at radius 2 is 2.11 bits per heavy atom. The first-order chi connectivity index (χ1) is 8.38. The molecule has 5 nitrogen and oxygen atoms in total. The largest absolute Gasteiger partial charge is 0.481 e. The maximum Gasteiger partial charge on any atom is 0.320 e. The molecule has 0 aliphatic carbocycles. The maximum atomic E-state index is 12.2. The van der Waals surface area contributed by atoms with E-state index in [0.29, 0.717) is 13.1 Å². The number of thioether (sulfide) groups is 1. The van der Waals surface area contributed by atoms with E-state index < -0.39 is 11.9 Å². The first-order valence-corrected chi connectivity index (χ1v) is 7.51. The number of nitrogens with zero attached hydrogens (tertiary/aromatic N) is 2. The lowest BCUT2D eigenvalue weighted by molar-refractivity contribution is -0.142. The van der Waals surface area contributed by atoms with E-state index in [-0.39, 0.29) is 18.0 Å². The van der Waals surface area contributed by atoms with Crippen molar-refractivity contribution in [1.29, 1.82) is 0 Å². The van der Waals surface area contributed by atoms with Crippen LogP contribution in [0.3, 0.4) is 0 Å². The number of rotatable bonds is 4. The minimum absolute atomic E-state index is 0.0238. The summed E-state index contributed by atoms with van der Waals surface area (Å²) in [5.41, 5.74) is 0. The predicted molar refractivity (Wildman–Crippen MR) is 72.9 cm³/mol. The van der Waals surface area contributed by atoms with Crippen molar-refractivity contribution < 1.29 is 14.7 Å². The van der Waals surface area contributed by atoms with E-state index in [2.05, 4.69) is 0 Å². The highest BCUT2D eigenvalue weighted by molar-refractivity contribution is 7.98. The Morgan fingerprint density at radius 1 is 1.50 bits per heavy atom. The number of aliphatic carboxylic acids is 1. The zero-order valence-electron chi connectivity index (χ0n) is 11.4. The van der Waals surface area contributed by atoms with Gasteiger partial charge in [0, 0.05) is 31.9 Å². The van der Waals surface area contributed by atoms with Crippen LogP contribution in [-0.4, -0.2) is 65.1 Å². The van der Waals surface area contributed by atoms with Crippen LogP contribution in [0.1, 0.15) is 13.8 Å². The van der Waals surface area contributed by atoms with Crippen molar-refractivity contribution in [3.63, 3.8) is 0 Å². The van der Waals surface area contributed by atoms with Crippen LogP contribution < -0.4 is 0 Å². The fourth-order valence-electron chi connectivity index (χ4n) is 2.21. The molecule has 6 heteroatoms. The smallest absolute Gasteiger partial charge is 0.320 e. The number of carboxylic acids is 1. The van der Waals surface area contributed by atoms with Crippen LogP contribution in [0.2, 0.25) is 0 Å². The predicted octanol–water partition coefficient (Wildman–Crippen LogP) is 1.44. The highest BCUT2D eigenvalue weighted by atomic mass is 32.2. The van der Waals surface area contributed by atoms with Gasteiger partial charge in [0.25, 0.3) is 0 Å². The van der Waals surface area contributed by atoms with Gasteiger partial charge in [0.05, 0.1) is 5.92 Å². The molecule has 0 spiro atoms. The van der Waals surface area contributed by atoms with Crippen molar-refractivity contribution in [2.75, 3.05) is 32.1 Å². The van der Waals surface area contributed by atoms with E-state index in [0.717, 1.165) is 5.75 Å². The maximum absolute atomic E-state index is 12.2. The number of amides is 2. The second-order valence-corrected chi connectivity index (χ2v) is 5.94. The minimum atomic E-state index is -0.808. The molecule has 3 atom stereocenters. The van der Waals surface area contributed by atoms with E-state index in [1.54, 1.807) is 28.6 Å². The number of urea groups is 1. The Bertz CT molecular complexity index is 324. The summed E-state index contributed by atoms with van der Waals surface area (Å²) in [7, 11) is 1.78. The summed E-state index contributed by atoms with van der Waals surface area (Å²) >= 11 is 1.70. The van der Waals surface area contributed by atoms with Gasteiger partial charge in [0.2, 0.25) is 0 Å². The molecule has 1 unspecified atom stereocenters. The second-order valence-electron chi connectivity index (χ2n) is 5.02. The average molecular weight is 274 g/mol. The van der Waals surface area contributed by atoms with Gasteiger partial charge in [0.1, 0.15) is 0 Å². The highest BCUT2D eigenvalue weighted by Crippen LogP contribution is 2.24. The topological polar surface area (TPSA) is 60.9 Å². The van der Waals surface area contributed by atoms with Gasteiger partial charge < -0.3 is 14.9 Å².